The van der Waals surface area contributed by atoms with Gasteiger partial charge in [-0.05, 0) is 30.5 Å². The molecule has 0 aliphatic heterocycles. The summed E-state index contributed by atoms with van der Waals surface area (Å²) in [6, 6.07) is 15.9. The lowest BCUT2D eigenvalue weighted by molar-refractivity contribution is 0.104. The third-order valence-electron chi connectivity index (χ3n) is 3.15. The Morgan fingerprint density at radius 2 is 1.63 bits per heavy atom. The van der Waals surface area contributed by atoms with Crippen LogP contribution < -0.4 is 0 Å². The Hall–Kier alpha value is -2.15. The quantitative estimate of drug-likeness (QED) is 0.578. The van der Waals surface area contributed by atoms with Gasteiger partial charge in [-0.2, -0.15) is 0 Å². The lowest BCUT2D eigenvalue weighted by Gasteiger charge is -1.99. The van der Waals surface area contributed by atoms with Gasteiger partial charge in [-0.15, -0.1) is 0 Å². The van der Waals surface area contributed by atoms with Crippen LogP contribution in [0.1, 0.15) is 34.0 Å². The highest BCUT2D eigenvalue weighted by Gasteiger charge is 2.00. The molecule has 0 aromatic heterocycles. The lowest BCUT2D eigenvalue weighted by atomic mass is 10.1. The van der Waals surface area contributed by atoms with E-state index in [1.54, 1.807) is 6.08 Å². The van der Waals surface area contributed by atoms with Gasteiger partial charge >= 0.3 is 0 Å². The van der Waals surface area contributed by atoms with Gasteiger partial charge in [-0.25, -0.2) is 0 Å². The number of benzene rings is 2. The van der Waals surface area contributed by atoms with Gasteiger partial charge in [0.2, 0.25) is 0 Å². The van der Waals surface area contributed by atoms with Crippen LogP contribution in [-0.2, 0) is 6.42 Å². The van der Waals surface area contributed by atoms with Gasteiger partial charge in [0.05, 0.1) is 0 Å². The second-order valence-electron chi connectivity index (χ2n) is 4.66. The smallest absolute Gasteiger partial charge is 0.185 e. The molecule has 0 unspecified atom stereocenters. The molecule has 1 heteroatoms. The molecule has 0 aliphatic rings. The van der Waals surface area contributed by atoms with Crippen molar-refractivity contribution in [2.24, 2.45) is 0 Å². The molecule has 0 fully saturated rings. The van der Waals surface area contributed by atoms with Crippen molar-refractivity contribution in [2.75, 3.05) is 0 Å². The van der Waals surface area contributed by atoms with E-state index in [9.17, 15) is 4.79 Å². The number of hydrogen-bond donors (Lipinski definition) is 0. The van der Waals surface area contributed by atoms with Crippen LogP contribution in [0.2, 0.25) is 0 Å². The van der Waals surface area contributed by atoms with Crippen molar-refractivity contribution in [3.63, 3.8) is 0 Å². The second kappa shape index (κ2) is 6.14. The molecule has 1 nitrogen and oxygen atoms in total. The summed E-state index contributed by atoms with van der Waals surface area (Å²) in [4.78, 5) is 12.0. The Labute approximate surface area is 114 Å². The number of allylic oxidation sites excluding steroid dienone is 1. The third-order valence-corrected chi connectivity index (χ3v) is 3.15. The van der Waals surface area contributed by atoms with Crippen LogP contribution in [-0.4, -0.2) is 5.78 Å². The summed E-state index contributed by atoms with van der Waals surface area (Å²) in [6.07, 6.45) is 4.48. The topological polar surface area (TPSA) is 17.1 Å². The minimum Gasteiger partial charge on any atom is -0.289 e. The standard InChI is InChI=1S/C18H18O/c1-3-15-8-11-17(12-9-15)18(19)13-10-16-6-4-14(2)5-7-16/h4-13H,3H2,1-2H3/b13-10+. The van der Waals surface area contributed by atoms with Crippen molar-refractivity contribution in [2.45, 2.75) is 20.3 Å². The van der Waals surface area contributed by atoms with E-state index in [0.717, 1.165) is 17.5 Å². The van der Waals surface area contributed by atoms with Gasteiger partial charge in [0.25, 0.3) is 0 Å². The Morgan fingerprint density at radius 1 is 1.00 bits per heavy atom. The molecule has 0 saturated heterocycles. The fourth-order valence-electron chi connectivity index (χ4n) is 1.85. The molecule has 0 radical (unpaired) electrons. The molecule has 0 spiro atoms. The Balaban J connectivity index is 2.09. The first kappa shape index (κ1) is 13.3. The minimum absolute atomic E-state index is 0.0447. The van der Waals surface area contributed by atoms with Crippen LogP contribution in [0.5, 0.6) is 0 Å². The van der Waals surface area contributed by atoms with E-state index in [0.29, 0.717) is 0 Å². The van der Waals surface area contributed by atoms with Gasteiger partial charge in [-0.3, -0.25) is 4.79 Å². The highest BCUT2D eigenvalue weighted by atomic mass is 16.1. The molecule has 0 heterocycles. The molecule has 2 aromatic carbocycles. The number of aryl methyl sites for hydroxylation is 2. The van der Waals surface area contributed by atoms with E-state index in [4.69, 9.17) is 0 Å². The van der Waals surface area contributed by atoms with Crippen LogP contribution in [0.25, 0.3) is 6.08 Å². The summed E-state index contributed by atoms with van der Waals surface area (Å²) in [5.74, 6) is 0.0447. The molecule has 0 atom stereocenters. The first-order valence-electron chi connectivity index (χ1n) is 6.57. The van der Waals surface area contributed by atoms with Crippen molar-refractivity contribution in [1.82, 2.24) is 0 Å². The Kier molecular flexibility index (Phi) is 4.30. The van der Waals surface area contributed by atoms with Crippen LogP contribution >= 0.6 is 0 Å². The van der Waals surface area contributed by atoms with Gasteiger partial charge in [0.1, 0.15) is 0 Å². The van der Waals surface area contributed by atoms with Gasteiger partial charge in [-0.1, -0.05) is 67.1 Å². The van der Waals surface area contributed by atoms with Crippen LogP contribution in [0.4, 0.5) is 0 Å². The van der Waals surface area contributed by atoms with E-state index in [2.05, 4.69) is 6.92 Å². The maximum absolute atomic E-state index is 12.0. The summed E-state index contributed by atoms with van der Waals surface area (Å²) in [7, 11) is 0. The fraction of sp³-hybridized carbons (Fsp3) is 0.167. The normalized spacial score (nSPS) is 10.8. The molecule has 0 saturated carbocycles. The Morgan fingerprint density at radius 3 is 2.21 bits per heavy atom. The Bertz CT molecular complexity index is 574. The molecule has 2 aromatic rings. The van der Waals surface area contributed by atoms with E-state index in [1.807, 2.05) is 61.5 Å². The maximum Gasteiger partial charge on any atom is 0.185 e. The second-order valence-corrected chi connectivity index (χ2v) is 4.66. The van der Waals surface area contributed by atoms with Crippen LogP contribution in [0.3, 0.4) is 0 Å². The zero-order chi connectivity index (χ0) is 13.7. The molecule has 0 aliphatic carbocycles. The molecule has 0 N–H and O–H groups in total. The molecule has 0 amide bonds. The molecule has 0 bridgehead atoms. The average molecular weight is 250 g/mol. The van der Waals surface area contributed by atoms with E-state index < -0.39 is 0 Å². The fourth-order valence-corrected chi connectivity index (χ4v) is 1.85. The first-order valence-corrected chi connectivity index (χ1v) is 6.57. The minimum atomic E-state index is 0.0447. The summed E-state index contributed by atoms with van der Waals surface area (Å²) in [5.41, 5.74) is 4.25. The number of carbonyl (C=O) groups is 1. The maximum atomic E-state index is 12.0. The summed E-state index contributed by atoms with van der Waals surface area (Å²) >= 11 is 0. The van der Waals surface area contributed by atoms with E-state index >= 15 is 0 Å². The van der Waals surface area contributed by atoms with Crippen molar-refractivity contribution in [3.8, 4) is 0 Å². The highest BCUT2D eigenvalue weighted by molar-refractivity contribution is 6.06. The van der Waals surface area contributed by atoms with Gasteiger partial charge in [0, 0.05) is 5.56 Å². The highest BCUT2D eigenvalue weighted by Crippen LogP contribution is 2.09. The first-order chi connectivity index (χ1) is 9.19. The molecular formula is C18H18O. The third kappa shape index (κ3) is 3.65. The van der Waals surface area contributed by atoms with E-state index in [1.165, 1.54) is 11.1 Å². The zero-order valence-corrected chi connectivity index (χ0v) is 11.4. The van der Waals surface area contributed by atoms with Gasteiger partial charge < -0.3 is 0 Å². The zero-order valence-electron chi connectivity index (χ0n) is 11.4. The number of rotatable bonds is 4. The predicted molar refractivity (Wildman–Crippen MR) is 80.4 cm³/mol. The molecule has 96 valence electrons. The van der Waals surface area contributed by atoms with Crippen LogP contribution in [0.15, 0.2) is 54.6 Å². The summed E-state index contributed by atoms with van der Waals surface area (Å²) < 4.78 is 0. The molecule has 2 rings (SSSR count). The predicted octanol–water partition coefficient (Wildman–Crippen LogP) is 4.45. The van der Waals surface area contributed by atoms with Crippen molar-refractivity contribution in [3.05, 3.63) is 76.9 Å². The average Bonchev–Trinajstić information content (AvgIpc) is 2.46. The molecular weight excluding hydrogens is 232 g/mol. The number of carbonyl (C=O) groups excluding carboxylic acids is 1. The monoisotopic (exact) mass is 250 g/mol. The summed E-state index contributed by atoms with van der Waals surface area (Å²) in [5, 5.41) is 0. The lowest BCUT2D eigenvalue weighted by Crippen LogP contribution is -1.94. The van der Waals surface area contributed by atoms with E-state index in [-0.39, 0.29) is 5.78 Å². The summed E-state index contributed by atoms with van der Waals surface area (Å²) in [6.45, 7) is 4.15. The van der Waals surface area contributed by atoms with Crippen molar-refractivity contribution >= 4 is 11.9 Å². The molecule has 19 heavy (non-hydrogen) atoms. The van der Waals surface area contributed by atoms with Crippen molar-refractivity contribution < 1.29 is 4.79 Å². The van der Waals surface area contributed by atoms with Gasteiger partial charge in [0.15, 0.2) is 5.78 Å². The SMILES string of the molecule is CCc1ccc(C(=O)/C=C/c2ccc(C)cc2)cc1. The number of ketones is 1. The van der Waals surface area contributed by atoms with Crippen molar-refractivity contribution in [1.29, 1.82) is 0 Å². The largest absolute Gasteiger partial charge is 0.289 e. The van der Waals surface area contributed by atoms with Crippen LogP contribution in [0, 0.1) is 6.92 Å². The number of hydrogen-bond acceptors (Lipinski definition) is 1.